The molecule has 0 aliphatic carbocycles. The van der Waals surface area contributed by atoms with Crippen molar-refractivity contribution in [2.45, 2.75) is 26.4 Å². The zero-order valence-corrected chi connectivity index (χ0v) is 13.5. The molecule has 0 aliphatic rings. The summed E-state index contributed by atoms with van der Waals surface area (Å²) in [6.07, 6.45) is 0. The van der Waals surface area contributed by atoms with Crippen LogP contribution in [-0.4, -0.2) is 55.6 Å². The molecule has 0 saturated heterocycles. The molecule has 0 amide bonds. The Labute approximate surface area is 123 Å². The summed E-state index contributed by atoms with van der Waals surface area (Å²) in [5.41, 5.74) is -0.465. The largest absolute Gasteiger partial charge is 0.458 e. The van der Waals surface area contributed by atoms with E-state index >= 15 is 0 Å². The van der Waals surface area contributed by atoms with Crippen LogP contribution in [0.1, 0.15) is 20.8 Å². The van der Waals surface area contributed by atoms with E-state index in [0.29, 0.717) is 26.4 Å². The van der Waals surface area contributed by atoms with Crippen molar-refractivity contribution in [2.75, 3.05) is 44.1 Å². The summed E-state index contributed by atoms with van der Waals surface area (Å²) >= 11 is 2.25. The number of alkyl halides is 1. The van der Waals surface area contributed by atoms with Crippen LogP contribution in [0.4, 0.5) is 0 Å². The van der Waals surface area contributed by atoms with Crippen LogP contribution in [0.2, 0.25) is 0 Å². The molecule has 0 rings (SSSR count). The molecule has 0 spiro atoms. The molecule has 0 aliphatic heterocycles. The first kappa shape index (κ1) is 18.1. The monoisotopic (exact) mass is 374 g/mol. The lowest BCUT2D eigenvalue weighted by molar-refractivity contribution is -0.160. The number of halogens is 1. The second kappa shape index (κ2) is 11.0. The van der Waals surface area contributed by atoms with Crippen molar-refractivity contribution in [1.82, 2.24) is 0 Å². The van der Waals surface area contributed by atoms with Crippen LogP contribution in [0.15, 0.2) is 0 Å². The molecule has 0 fully saturated rings. The summed E-state index contributed by atoms with van der Waals surface area (Å²) in [7, 11) is 0. The Bertz CT molecular complexity index is 215. The third kappa shape index (κ3) is 14.1. The fourth-order valence-corrected chi connectivity index (χ4v) is 1.33. The summed E-state index contributed by atoms with van der Waals surface area (Å²) in [5, 5.41) is 0. The van der Waals surface area contributed by atoms with Gasteiger partial charge in [-0.25, -0.2) is 4.79 Å². The van der Waals surface area contributed by atoms with E-state index < -0.39 is 5.60 Å². The summed E-state index contributed by atoms with van der Waals surface area (Å²) in [5.74, 6) is -0.354. The second-order valence-electron chi connectivity index (χ2n) is 4.55. The van der Waals surface area contributed by atoms with Gasteiger partial charge in [0.15, 0.2) is 0 Å². The molecular weight excluding hydrogens is 351 g/mol. The minimum Gasteiger partial charge on any atom is -0.458 e. The molecule has 0 aromatic rings. The van der Waals surface area contributed by atoms with E-state index in [-0.39, 0.29) is 12.6 Å². The molecule has 0 aromatic heterocycles. The Morgan fingerprint density at radius 2 is 1.44 bits per heavy atom. The smallest absolute Gasteiger partial charge is 0.332 e. The van der Waals surface area contributed by atoms with Crippen LogP contribution in [0, 0.1) is 0 Å². The number of hydrogen-bond donors (Lipinski definition) is 0. The Kier molecular flexibility index (Phi) is 11.0. The molecule has 6 heteroatoms. The van der Waals surface area contributed by atoms with Gasteiger partial charge in [0.2, 0.25) is 0 Å². The van der Waals surface area contributed by atoms with E-state index in [2.05, 4.69) is 22.6 Å². The van der Waals surface area contributed by atoms with E-state index in [1.54, 1.807) is 0 Å². The molecule has 0 radical (unpaired) electrons. The molecule has 0 bridgehead atoms. The van der Waals surface area contributed by atoms with Gasteiger partial charge in [-0.3, -0.25) is 0 Å². The van der Waals surface area contributed by atoms with Crippen LogP contribution in [-0.2, 0) is 23.7 Å². The first-order valence-electron chi connectivity index (χ1n) is 5.97. The van der Waals surface area contributed by atoms with Gasteiger partial charge in [-0.1, -0.05) is 22.6 Å². The molecule has 0 N–H and O–H groups in total. The van der Waals surface area contributed by atoms with E-state index in [1.165, 1.54) is 0 Å². The average Bonchev–Trinajstić information content (AvgIpc) is 2.24. The molecule has 18 heavy (non-hydrogen) atoms. The molecular formula is C12H23IO5. The standard InChI is InChI=1S/C12H23IO5/c1-12(2,3)18-11(14)10-17-9-8-16-7-6-15-5-4-13/h4-10H2,1-3H3. The third-order valence-electron chi connectivity index (χ3n) is 1.61. The second-order valence-corrected chi connectivity index (χ2v) is 5.63. The molecule has 0 unspecified atom stereocenters. The van der Waals surface area contributed by atoms with E-state index in [1.807, 2.05) is 20.8 Å². The number of esters is 1. The lowest BCUT2D eigenvalue weighted by atomic mass is 10.2. The molecule has 0 heterocycles. The van der Waals surface area contributed by atoms with Gasteiger partial charge in [0.25, 0.3) is 0 Å². The summed E-state index contributed by atoms with van der Waals surface area (Å²) in [4.78, 5) is 11.3. The Morgan fingerprint density at radius 3 is 1.94 bits per heavy atom. The summed E-state index contributed by atoms with van der Waals surface area (Å²) < 4.78 is 21.7. The highest BCUT2D eigenvalue weighted by molar-refractivity contribution is 14.1. The van der Waals surface area contributed by atoms with Crippen LogP contribution in [0.25, 0.3) is 0 Å². The fourth-order valence-electron chi connectivity index (χ4n) is 1.02. The summed E-state index contributed by atoms with van der Waals surface area (Å²) in [6.45, 7) is 8.16. The minimum absolute atomic E-state index is 0.0357. The Balaban J connectivity index is 3.23. The summed E-state index contributed by atoms with van der Waals surface area (Å²) in [6, 6.07) is 0. The van der Waals surface area contributed by atoms with Gasteiger partial charge in [-0.2, -0.15) is 0 Å². The van der Waals surface area contributed by atoms with Crippen molar-refractivity contribution < 1.29 is 23.7 Å². The van der Waals surface area contributed by atoms with Gasteiger partial charge in [-0.05, 0) is 20.8 Å². The van der Waals surface area contributed by atoms with Gasteiger partial charge in [0.05, 0.1) is 33.0 Å². The van der Waals surface area contributed by atoms with Crippen LogP contribution in [0.3, 0.4) is 0 Å². The zero-order valence-electron chi connectivity index (χ0n) is 11.4. The van der Waals surface area contributed by atoms with Crippen molar-refractivity contribution in [3.05, 3.63) is 0 Å². The van der Waals surface area contributed by atoms with Gasteiger partial charge in [0, 0.05) is 4.43 Å². The number of hydrogen-bond acceptors (Lipinski definition) is 5. The predicted octanol–water partition coefficient (Wildman–Crippen LogP) is 1.81. The third-order valence-corrected chi connectivity index (χ3v) is 2.05. The Hall–Kier alpha value is 0.0800. The van der Waals surface area contributed by atoms with Crippen LogP contribution in [0.5, 0.6) is 0 Å². The van der Waals surface area contributed by atoms with E-state index in [4.69, 9.17) is 18.9 Å². The molecule has 0 atom stereocenters. The maximum absolute atomic E-state index is 11.3. The SMILES string of the molecule is CC(C)(C)OC(=O)COCCOCCOCCI. The van der Waals surface area contributed by atoms with E-state index in [9.17, 15) is 4.79 Å². The van der Waals surface area contributed by atoms with Crippen molar-refractivity contribution in [2.24, 2.45) is 0 Å². The minimum atomic E-state index is -0.465. The Morgan fingerprint density at radius 1 is 0.944 bits per heavy atom. The van der Waals surface area contributed by atoms with Gasteiger partial charge in [-0.15, -0.1) is 0 Å². The highest BCUT2D eigenvalue weighted by atomic mass is 127. The van der Waals surface area contributed by atoms with Gasteiger partial charge >= 0.3 is 5.97 Å². The van der Waals surface area contributed by atoms with Gasteiger partial charge in [0.1, 0.15) is 12.2 Å². The van der Waals surface area contributed by atoms with E-state index in [0.717, 1.165) is 11.0 Å². The lowest BCUT2D eigenvalue weighted by Gasteiger charge is -2.19. The fraction of sp³-hybridized carbons (Fsp3) is 0.917. The number of rotatable bonds is 10. The maximum Gasteiger partial charge on any atom is 0.332 e. The van der Waals surface area contributed by atoms with Crippen molar-refractivity contribution in [3.63, 3.8) is 0 Å². The predicted molar refractivity (Wildman–Crippen MR) is 77.2 cm³/mol. The van der Waals surface area contributed by atoms with Crippen LogP contribution < -0.4 is 0 Å². The highest BCUT2D eigenvalue weighted by Crippen LogP contribution is 2.06. The van der Waals surface area contributed by atoms with Crippen molar-refractivity contribution in [1.29, 1.82) is 0 Å². The molecule has 0 saturated carbocycles. The first-order chi connectivity index (χ1) is 8.45. The lowest BCUT2D eigenvalue weighted by Crippen LogP contribution is -2.27. The highest BCUT2D eigenvalue weighted by Gasteiger charge is 2.15. The quantitative estimate of drug-likeness (QED) is 0.253. The zero-order chi connectivity index (χ0) is 13.9. The number of carbonyl (C=O) groups excluding carboxylic acids is 1. The van der Waals surface area contributed by atoms with Crippen LogP contribution >= 0.6 is 22.6 Å². The van der Waals surface area contributed by atoms with Crippen molar-refractivity contribution >= 4 is 28.6 Å². The van der Waals surface area contributed by atoms with Crippen molar-refractivity contribution in [3.8, 4) is 0 Å². The first-order valence-corrected chi connectivity index (χ1v) is 7.49. The topological polar surface area (TPSA) is 54.0 Å². The number of ether oxygens (including phenoxy) is 4. The number of carbonyl (C=O) groups is 1. The average molecular weight is 374 g/mol. The molecule has 108 valence electrons. The molecule has 0 aromatic carbocycles. The maximum atomic E-state index is 11.3. The van der Waals surface area contributed by atoms with Gasteiger partial charge < -0.3 is 18.9 Å². The molecule has 5 nitrogen and oxygen atoms in total. The normalized spacial score (nSPS) is 11.6.